The van der Waals surface area contributed by atoms with Gasteiger partial charge in [-0.25, -0.2) is 0 Å². The van der Waals surface area contributed by atoms with E-state index in [0.717, 1.165) is 11.3 Å². The second-order valence-corrected chi connectivity index (χ2v) is 4.86. The standard InChI is InChI=1S/C15H22N2O3/c1-10(15(19)20-4)9-16-11(2)13-6-5-7-14(8-13)17-12(3)18/h5-8,10-11,16H,9H2,1-4H3,(H,17,18). The molecule has 0 spiro atoms. The molecule has 0 saturated carbocycles. The van der Waals surface area contributed by atoms with Crippen LogP contribution in [0.15, 0.2) is 24.3 Å². The summed E-state index contributed by atoms with van der Waals surface area (Å²) in [7, 11) is 1.39. The maximum Gasteiger partial charge on any atom is 0.309 e. The highest BCUT2D eigenvalue weighted by Crippen LogP contribution is 2.17. The maximum atomic E-state index is 11.3. The van der Waals surface area contributed by atoms with Gasteiger partial charge in [-0.15, -0.1) is 0 Å². The minimum atomic E-state index is -0.225. The Kier molecular flexibility index (Phi) is 6.18. The molecule has 0 aliphatic carbocycles. The highest BCUT2D eigenvalue weighted by Gasteiger charge is 2.14. The summed E-state index contributed by atoms with van der Waals surface area (Å²) >= 11 is 0. The molecule has 1 aromatic carbocycles. The number of carbonyl (C=O) groups excluding carboxylic acids is 2. The van der Waals surface area contributed by atoms with Gasteiger partial charge in [0.1, 0.15) is 0 Å². The largest absolute Gasteiger partial charge is 0.469 e. The van der Waals surface area contributed by atoms with Crippen LogP contribution in [0.25, 0.3) is 0 Å². The number of hydrogen-bond donors (Lipinski definition) is 2. The summed E-state index contributed by atoms with van der Waals surface area (Å²) in [4.78, 5) is 22.4. The molecule has 0 aliphatic heterocycles. The minimum absolute atomic E-state index is 0.0795. The van der Waals surface area contributed by atoms with Crippen molar-refractivity contribution in [2.24, 2.45) is 5.92 Å². The van der Waals surface area contributed by atoms with Crippen LogP contribution in [0.4, 0.5) is 5.69 Å². The van der Waals surface area contributed by atoms with Crippen molar-refractivity contribution < 1.29 is 14.3 Å². The third-order valence-corrected chi connectivity index (χ3v) is 3.04. The van der Waals surface area contributed by atoms with Gasteiger partial charge in [-0.1, -0.05) is 19.1 Å². The van der Waals surface area contributed by atoms with Crippen LogP contribution in [0.2, 0.25) is 0 Å². The van der Waals surface area contributed by atoms with E-state index >= 15 is 0 Å². The lowest BCUT2D eigenvalue weighted by atomic mass is 10.1. The number of hydrogen-bond acceptors (Lipinski definition) is 4. The highest BCUT2D eigenvalue weighted by molar-refractivity contribution is 5.88. The zero-order valence-corrected chi connectivity index (χ0v) is 12.4. The fraction of sp³-hybridized carbons (Fsp3) is 0.467. The molecule has 5 heteroatoms. The van der Waals surface area contributed by atoms with Crippen molar-refractivity contribution in [2.75, 3.05) is 19.0 Å². The molecule has 1 rings (SSSR count). The van der Waals surface area contributed by atoms with Gasteiger partial charge < -0.3 is 15.4 Å². The average Bonchev–Trinajstić information content (AvgIpc) is 2.43. The maximum absolute atomic E-state index is 11.3. The van der Waals surface area contributed by atoms with Gasteiger partial charge in [0.05, 0.1) is 13.0 Å². The van der Waals surface area contributed by atoms with Crippen LogP contribution in [-0.2, 0) is 14.3 Å². The first-order valence-electron chi connectivity index (χ1n) is 6.62. The highest BCUT2D eigenvalue weighted by atomic mass is 16.5. The van der Waals surface area contributed by atoms with E-state index in [4.69, 9.17) is 0 Å². The normalized spacial score (nSPS) is 13.4. The molecule has 110 valence electrons. The zero-order chi connectivity index (χ0) is 15.1. The Labute approximate surface area is 119 Å². The first kappa shape index (κ1) is 16.2. The Morgan fingerprint density at radius 3 is 2.60 bits per heavy atom. The molecule has 0 fully saturated rings. The third kappa shape index (κ3) is 5.01. The molecule has 5 nitrogen and oxygen atoms in total. The Morgan fingerprint density at radius 2 is 2.00 bits per heavy atom. The smallest absolute Gasteiger partial charge is 0.309 e. The molecular weight excluding hydrogens is 256 g/mol. The predicted molar refractivity (Wildman–Crippen MR) is 78.3 cm³/mol. The number of ether oxygens (including phenoxy) is 1. The van der Waals surface area contributed by atoms with Crippen molar-refractivity contribution in [3.63, 3.8) is 0 Å². The van der Waals surface area contributed by atoms with Crippen LogP contribution >= 0.6 is 0 Å². The van der Waals surface area contributed by atoms with E-state index in [1.54, 1.807) is 0 Å². The fourth-order valence-electron chi connectivity index (χ4n) is 1.84. The zero-order valence-electron chi connectivity index (χ0n) is 12.4. The van der Waals surface area contributed by atoms with Gasteiger partial charge in [-0.05, 0) is 24.6 Å². The lowest BCUT2D eigenvalue weighted by Gasteiger charge is -2.17. The molecule has 2 unspecified atom stereocenters. The van der Waals surface area contributed by atoms with Crippen LogP contribution in [0.3, 0.4) is 0 Å². The van der Waals surface area contributed by atoms with Crippen LogP contribution < -0.4 is 10.6 Å². The van der Waals surface area contributed by atoms with Gasteiger partial charge in [0.25, 0.3) is 0 Å². The van der Waals surface area contributed by atoms with Gasteiger partial charge in [-0.2, -0.15) is 0 Å². The predicted octanol–water partition coefficient (Wildman–Crippen LogP) is 2.10. The monoisotopic (exact) mass is 278 g/mol. The van der Waals surface area contributed by atoms with E-state index in [0.29, 0.717) is 6.54 Å². The summed E-state index contributed by atoms with van der Waals surface area (Å²) in [6.45, 7) is 5.85. The van der Waals surface area contributed by atoms with Crippen molar-refractivity contribution in [2.45, 2.75) is 26.8 Å². The van der Waals surface area contributed by atoms with Crippen LogP contribution in [0, 0.1) is 5.92 Å². The quantitative estimate of drug-likeness (QED) is 0.782. The lowest BCUT2D eigenvalue weighted by Crippen LogP contribution is -2.29. The van der Waals surface area contributed by atoms with Crippen LogP contribution in [-0.4, -0.2) is 25.5 Å². The number of benzene rings is 1. The van der Waals surface area contributed by atoms with E-state index in [1.165, 1.54) is 14.0 Å². The molecule has 1 amide bonds. The molecule has 2 N–H and O–H groups in total. The van der Waals surface area contributed by atoms with Gasteiger partial charge >= 0.3 is 5.97 Å². The number of methoxy groups -OCH3 is 1. The number of carbonyl (C=O) groups is 2. The van der Waals surface area contributed by atoms with Crippen LogP contribution in [0.1, 0.15) is 32.4 Å². The van der Waals surface area contributed by atoms with Gasteiger partial charge in [0, 0.05) is 25.2 Å². The minimum Gasteiger partial charge on any atom is -0.469 e. The summed E-state index contributed by atoms with van der Waals surface area (Å²) in [5, 5.41) is 6.03. The molecule has 20 heavy (non-hydrogen) atoms. The van der Waals surface area contributed by atoms with E-state index in [9.17, 15) is 9.59 Å². The van der Waals surface area contributed by atoms with Gasteiger partial charge in [0.2, 0.25) is 5.91 Å². The molecule has 0 aromatic heterocycles. The first-order chi connectivity index (χ1) is 9.43. The van der Waals surface area contributed by atoms with Crippen LogP contribution in [0.5, 0.6) is 0 Å². The van der Waals surface area contributed by atoms with Crippen molar-refractivity contribution >= 4 is 17.6 Å². The topological polar surface area (TPSA) is 67.4 Å². The summed E-state index contributed by atoms with van der Waals surface area (Å²) < 4.78 is 4.69. The van der Waals surface area contributed by atoms with Crippen molar-refractivity contribution in [3.05, 3.63) is 29.8 Å². The fourth-order valence-corrected chi connectivity index (χ4v) is 1.84. The number of anilines is 1. The Morgan fingerprint density at radius 1 is 1.30 bits per heavy atom. The summed E-state index contributed by atoms with van der Waals surface area (Å²) in [6, 6.07) is 7.71. The summed E-state index contributed by atoms with van der Waals surface area (Å²) in [5.41, 5.74) is 1.82. The van der Waals surface area contributed by atoms with Gasteiger partial charge in [-0.3, -0.25) is 9.59 Å². The van der Waals surface area contributed by atoms with E-state index in [-0.39, 0.29) is 23.8 Å². The second kappa shape index (κ2) is 7.65. The molecular formula is C15H22N2O3. The van der Waals surface area contributed by atoms with Crippen molar-refractivity contribution in [1.82, 2.24) is 5.32 Å². The van der Waals surface area contributed by atoms with E-state index < -0.39 is 0 Å². The molecule has 0 aliphatic rings. The Balaban J connectivity index is 2.61. The number of amides is 1. The first-order valence-corrected chi connectivity index (χ1v) is 6.62. The Hall–Kier alpha value is -1.88. The summed E-state index contributed by atoms with van der Waals surface area (Å²) in [5.74, 6) is -0.514. The number of rotatable bonds is 6. The lowest BCUT2D eigenvalue weighted by molar-refractivity contribution is -0.144. The van der Waals surface area contributed by atoms with Crippen molar-refractivity contribution in [3.8, 4) is 0 Å². The third-order valence-electron chi connectivity index (χ3n) is 3.04. The second-order valence-electron chi connectivity index (χ2n) is 4.86. The molecule has 0 bridgehead atoms. The average molecular weight is 278 g/mol. The molecule has 0 saturated heterocycles. The number of esters is 1. The summed E-state index contributed by atoms with van der Waals surface area (Å²) in [6.07, 6.45) is 0. The van der Waals surface area contributed by atoms with E-state index in [2.05, 4.69) is 15.4 Å². The molecule has 0 radical (unpaired) electrons. The van der Waals surface area contributed by atoms with Crippen molar-refractivity contribution in [1.29, 1.82) is 0 Å². The molecule has 1 aromatic rings. The molecule has 2 atom stereocenters. The van der Waals surface area contributed by atoms with E-state index in [1.807, 2.05) is 38.1 Å². The number of nitrogens with one attached hydrogen (secondary N) is 2. The Bertz CT molecular complexity index is 474. The molecule has 0 heterocycles. The SMILES string of the molecule is COC(=O)C(C)CNC(C)c1cccc(NC(C)=O)c1. The van der Waals surface area contributed by atoms with Gasteiger partial charge in [0.15, 0.2) is 0 Å².